The summed E-state index contributed by atoms with van der Waals surface area (Å²) in [4.78, 5) is 16.0. The van der Waals surface area contributed by atoms with Crippen LogP contribution in [0.5, 0.6) is 0 Å². The summed E-state index contributed by atoms with van der Waals surface area (Å²) in [5.74, 6) is -0.834. The smallest absolute Gasteiger partial charge is 0.255 e. The molecule has 21 heavy (non-hydrogen) atoms. The number of amides is 1. The molecule has 0 aliphatic heterocycles. The van der Waals surface area contributed by atoms with Crippen LogP contribution in [0.1, 0.15) is 29.9 Å². The van der Waals surface area contributed by atoms with Crippen LogP contribution in [0.2, 0.25) is 0 Å². The monoisotopic (exact) mass is 354 g/mol. The Hall–Kier alpha value is -1.82. The molecule has 2 rings (SSSR count). The van der Waals surface area contributed by atoms with Crippen molar-refractivity contribution in [1.29, 1.82) is 0 Å². The van der Waals surface area contributed by atoms with Crippen LogP contribution in [0.25, 0.3) is 0 Å². The van der Waals surface area contributed by atoms with Gasteiger partial charge in [-0.1, -0.05) is 0 Å². The maximum Gasteiger partial charge on any atom is 0.255 e. The van der Waals surface area contributed by atoms with Crippen LogP contribution in [0.3, 0.4) is 0 Å². The first-order valence-electron chi connectivity index (χ1n) is 6.19. The van der Waals surface area contributed by atoms with E-state index in [1.807, 2.05) is 0 Å². The lowest BCUT2D eigenvalue weighted by Crippen LogP contribution is -2.16. The van der Waals surface area contributed by atoms with Gasteiger partial charge in [0.2, 0.25) is 0 Å². The molecule has 0 aliphatic rings. The van der Waals surface area contributed by atoms with Gasteiger partial charge in [-0.3, -0.25) is 9.78 Å². The van der Waals surface area contributed by atoms with Crippen molar-refractivity contribution in [2.75, 3.05) is 5.32 Å². The van der Waals surface area contributed by atoms with Crippen LogP contribution < -0.4 is 5.32 Å². The molecule has 0 bridgehead atoms. The molecule has 0 spiro atoms. The molecule has 0 radical (unpaired) electrons. The third-order valence-corrected chi connectivity index (χ3v) is 3.42. The minimum Gasteiger partial charge on any atom is -0.322 e. The molecule has 0 aliphatic carbocycles. The van der Waals surface area contributed by atoms with Gasteiger partial charge in [0, 0.05) is 17.4 Å². The Morgan fingerprint density at radius 3 is 2.62 bits per heavy atom. The van der Waals surface area contributed by atoms with E-state index < -0.39 is 17.4 Å². The molecule has 1 aromatic heterocycles. The molecule has 1 amide bonds. The van der Waals surface area contributed by atoms with Crippen LogP contribution in [0.4, 0.5) is 14.5 Å². The second-order valence-electron chi connectivity index (χ2n) is 4.99. The van der Waals surface area contributed by atoms with Crippen LogP contribution in [0, 0.1) is 5.82 Å². The average molecular weight is 355 g/mol. The molecule has 6 heteroatoms. The number of hydrogen-bond donors (Lipinski definition) is 1. The maximum absolute atomic E-state index is 13.8. The molecule has 1 aromatic carbocycles. The molecule has 1 heterocycles. The molecule has 110 valence electrons. The van der Waals surface area contributed by atoms with E-state index >= 15 is 0 Å². The Labute approximate surface area is 129 Å². The van der Waals surface area contributed by atoms with Crippen molar-refractivity contribution in [3.05, 3.63) is 58.1 Å². The Morgan fingerprint density at radius 1 is 1.29 bits per heavy atom. The van der Waals surface area contributed by atoms with Crippen molar-refractivity contribution in [2.45, 2.75) is 19.5 Å². The number of pyridine rings is 1. The van der Waals surface area contributed by atoms with E-state index in [9.17, 15) is 13.6 Å². The lowest BCUT2D eigenvalue weighted by molar-refractivity contribution is 0.102. The van der Waals surface area contributed by atoms with E-state index in [1.54, 1.807) is 0 Å². The summed E-state index contributed by atoms with van der Waals surface area (Å²) in [7, 11) is 0. The fourth-order valence-corrected chi connectivity index (χ4v) is 2.05. The van der Waals surface area contributed by atoms with Crippen LogP contribution in [-0.2, 0) is 5.67 Å². The second kappa shape index (κ2) is 5.89. The number of carbonyl (C=O) groups excluding carboxylic acids is 1. The zero-order valence-corrected chi connectivity index (χ0v) is 13.0. The second-order valence-corrected chi connectivity index (χ2v) is 5.84. The number of halogens is 3. The normalized spacial score (nSPS) is 11.3. The van der Waals surface area contributed by atoms with E-state index in [-0.39, 0.29) is 15.7 Å². The average Bonchev–Trinajstić information content (AvgIpc) is 2.42. The predicted octanol–water partition coefficient (Wildman–Crippen LogP) is 4.44. The highest BCUT2D eigenvalue weighted by Gasteiger charge is 2.21. The first-order valence-corrected chi connectivity index (χ1v) is 6.98. The largest absolute Gasteiger partial charge is 0.322 e. The van der Waals surface area contributed by atoms with E-state index in [0.29, 0.717) is 5.69 Å². The van der Waals surface area contributed by atoms with Gasteiger partial charge in [-0.2, -0.15) is 0 Å². The molecule has 0 unspecified atom stereocenters. The summed E-state index contributed by atoms with van der Waals surface area (Å²) in [6, 6.07) is 7.02. The van der Waals surface area contributed by atoms with Crippen molar-refractivity contribution in [3.8, 4) is 0 Å². The zero-order chi connectivity index (χ0) is 15.6. The fourth-order valence-electron chi connectivity index (χ4n) is 1.67. The molecule has 2 aromatic rings. The van der Waals surface area contributed by atoms with Gasteiger partial charge in [-0.15, -0.1) is 0 Å². The highest BCUT2D eigenvalue weighted by molar-refractivity contribution is 9.10. The number of nitrogens with zero attached hydrogens (tertiary/aromatic N) is 1. The highest BCUT2D eigenvalue weighted by Crippen LogP contribution is 2.24. The van der Waals surface area contributed by atoms with Gasteiger partial charge in [-0.05, 0) is 60.1 Å². The van der Waals surface area contributed by atoms with Crippen molar-refractivity contribution >= 4 is 27.5 Å². The molecule has 3 nitrogen and oxygen atoms in total. The van der Waals surface area contributed by atoms with Gasteiger partial charge in [0.05, 0.1) is 10.2 Å². The van der Waals surface area contributed by atoms with Gasteiger partial charge in [0.1, 0.15) is 11.5 Å². The lowest BCUT2D eigenvalue weighted by Gasteiger charge is -2.14. The Bertz CT molecular complexity index is 684. The predicted molar refractivity (Wildman–Crippen MR) is 80.4 cm³/mol. The van der Waals surface area contributed by atoms with Crippen LogP contribution in [-0.4, -0.2) is 10.9 Å². The van der Waals surface area contributed by atoms with Crippen molar-refractivity contribution in [1.82, 2.24) is 4.98 Å². The Morgan fingerprint density at radius 2 is 2.00 bits per heavy atom. The molecule has 0 saturated heterocycles. The third kappa shape index (κ3) is 3.85. The van der Waals surface area contributed by atoms with E-state index in [2.05, 4.69) is 26.2 Å². The van der Waals surface area contributed by atoms with Gasteiger partial charge in [0.15, 0.2) is 0 Å². The number of alkyl halides is 1. The zero-order valence-electron chi connectivity index (χ0n) is 11.5. The molecule has 1 N–H and O–H groups in total. The van der Waals surface area contributed by atoms with E-state index in [1.165, 1.54) is 50.4 Å². The van der Waals surface area contributed by atoms with Gasteiger partial charge >= 0.3 is 0 Å². The van der Waals surface area contributed by atoms with Gasteiger partial charge in [-0.25, -0.2) is 8.78 Å². The highest BCUT2D eigenvalue weighted by atomic mass is 79.9. The van der Waals surface area contributed by atoms with Crippen molar-refractivity contribution in [2.24, 2.45) is 0 Å². The maximum atomic E-state index is 13.8. The third-order valence-electron chi connectivity index (χ3n) is 2.81. The number of anilines is 1. The number of nitrogens with one attached hydrogen (secondary N) is 1. The standard InChI is InChI=1S/C15H13BrF2N2O/c1-15(2,18)13-7-9(5-6-19-13)14(21)20-10-3-4-12(17)11(16)8-10/h3-8H,1-2H3,(H,20,21). The van der Waals surface area contributed by atoms with E-state index in [0.717, 1.165) is 0 Å². The van der Waals surface area contributed by atoms with Crippen LogP contribution in [0.15, 0.2) is 41.0 Å². The minimum atomic E-state index is -1.63. The summed E-state index contributed by atoms with van der Waals surface area (Å²) in [6.45, 7) is 2.74. The van der Waals surface area contributed by atoms with Crippen molar-refractivity contribution < 1.29 is 13.6 Å². The van der Waals surface area contributed by atoms with Gasteiger partial charge < -0.3 is 5.32 Å². The lowest BCUT2D eigenvalue weighted by atomic mass is 10.0. The Balaban J connectivity index is 2.22. The molecular formula is C15H13BrF2N2O. The number of benzene rings is 1. The molecule has 0 saturated carbocycles. The molecular weight excluding hydrogens is 342 g/mol. The van der Waals surface area contributed by atoms with Gasteiger partial charge in [0.25, 0.3) is 5.91 Å². The van der Waals surface area contributed by atoms with E-state index in [4.69, 9.17) is 0 Å². The summed E-state index contributed by atoms with van der Waals surface area (Å²) < 4.78 is 27.2. The summed E-state index contributed by atoms with van der Waals surface area (Å²) in [6.07, 6.45) is 1.38. The quantitative estimate of drug-likeness (QED) is 0.885. The number of carbonyl (C=O) groups is 1. The first-order chi connectivity index (χ1) is 9.77. The number of rotatable bonds is 3. The Kier molecular flexibility index (Phi) is 4.37. The number of hydrogen-bond acceptors (Lipinski definition) is 2. The topological polar surface area (TPSA) is 42.0 Å². The fraction of sp³-hybridized carbons (Fsp3) is 0.200. The van der Waals surface area contributed by atoms with Crippen LogP contribution >= 0.6 is 15.9 Å². The minimum absolute atomic E-state index is 0.176. The van der Waals surface area contributed by atoms with Crippen molar-refractivity contribution in [3.63, 3.8) is 0 Å². The first kappa shape index (κ1) is 15.6. The molecule has 0 fully saturated rings. The summed E-state index contributed by atoms with van der Waals surface area (Å²) in [5.41, 5.74) is -0.734. The number of aromatic nitrogens is 1. The summed E-state index contributed by atoms with van der Waals surface area (Å²) in [5, 5.41) is 2.62. The summed E-state index contributed by atoms with van der Waals surface area (Å²) >= 11 is 3.04. The SMILES string of the molecule is CC(C)(F)c1cc(C(=O)Nc2ccc(F)c(Br)c2)ccn1. The molecule has 0 atom stereocenters.